The maximum atomic E-state index is 5.48. The Hall–Kier alpha value is -12.1. The second kappa shape index (κ2) is 18.7. The summed E-state index contributed by atoms with van der Waals surface area (Å²) in [4.78, 5) is 21.2. The van der Waals surface area contributed by atoms with Crippen LogP contribution in [-0.2, 0) is 0 Å². The van der Waals surface area contributed by atoms with Crippen LogP contribution in [-0.4, -0.2) is 29.1 Å². The first-order chi connectivity index (χ1) is 44.6. The van der Waals surface area contributed by atoms with Gasteiger partial charge in [-0.3, -0.25) is 14.1 Å². The molecule has 0 radical (unpaired) electrons. The zero-order valence-electron chi connectivity index (χ0n) is 48.4. The second-order valence-electron chi connectivity index (χ2n) is 24.1. The molecule has 20 rings (SSSR count). The lowest BCUT2D eigenvalue weighted by Gasteiger charge is -2.14. The standard InChI is InChI=1S/C84H48N6/c1-2-14-62-61(13-1)69-20-11-19-68-60(37-38-72(62)80(68)69)59-45-58(47-85-48-59)55-34-33-50-41-51(31-32-52(50)42-55)53-29-27-49-28-30-54(44-57(49)43-53)56-35-36-63-73-39-40-74(70-21-12-22-71(81(70)73)75(63)46-56)82-86-83(89-76-23-7-3-15-64(76)65-16-4-8-24-77(65)89)88-84(87-82)90-78-25-9-5-17-66(78)67-18-6-10-26-79(67)90/h1-48H. The molecule has 414 valence electrons. The van der Waals surface area contributed by atoms with E-state index < -0.39 is 0 Å². The van der Waals surface area contributed by atoms with E-state index in [9.17, 15) is 0 Å². The summed E-state index contributed by atoms with van der Waals surface area (Å²) in [6.45, 7) is 0. The van der Waals surface area contributed by atoms with Crippen molar-refractivity contribution in [2.24, 2.45) is 0 Å². The smallest absolute Gasteiger partial charge is 0.240 e. The summed E-state index contributed by atoms with van der Waals surface area (Å²) >= 11 is 0. The predicted molar refractivity (Wildman–Crippen MR) is 372 cm³/mol. The van der Waals surface area contributed by atoms with E-state index in [1.165, 1.54) is 110 Å². The monoisotopic (exact) mass is 1140 g/mol. The molecule has 18 aromatic rings. The molecule has 0 bridgehead atoms. The van der Waals surface area contributed by atoms with Crippen LogP contribution in [0.1, 0.15) is 0 Å². The van der Waals surface area contributed by atoms with E-state index in [4.69, 9.17) is 19.9 Å². The first-order valence-corrected chi connectivity index (χ1v) is 30.7. The minimum absolute atomic E-state index is 0.563. The van der Waals surface area contributed by atoms with Crippen molar-refractivity contribution in [1.29, 1.82) is 0 Å². The highest BCUT2D eigenvalue weighted by Gasteiger charge is 2.27. The van der Waals surface area contributed by atoms with Gasteiger partial charge in [0.25, 0.3) is 0 Å². The van der Waals surface area contributed by atoms with Crippen molar-refractivity contribution in [3.8, 4) is 112 Å². The molecule has 6 nitrogen and oxygen atoms in total. The van der Waals surface area contributed by atoms with E-state index in [1.54, 1.807) is 0 Å². The number of nitrogens with zero attached hydrogens (tertiary/aromatic N) is 6. The van der Waals surface area contributed by atoms with Crippen LogP contribution in [0, 0.1) is 0 Å². The summed E-state index contributed by atoms with van der Waals surface area (Å²) in [5.41, 5.74) is 24.5. The van der Waals surface area contributed by atoms with Crippen LogP contribution in [0.2, 0.25) is 0 Å². The number of aromatic nitrogens is 6. The lowest BCUT2D eigenvalue weighted by molar-refractivity contribution is 0.893. The Morgan fingerprint density at radius 2 is 0.578 bits per heavy atom. The Morgan fingerprint density at radius 3 is 1.13 bits per heavy atom. The summed E-state index contributed by atoms with van der Waals surface area (Å²) in [7, 11) is 0. The molecule has 0 atom stereocenters. The third-order valence-corrected chi connectivity index (χ3v) is 19.3. The number of rotatable bonds is 7. The number of hydrogen-bond donors (Lipinski definition) is 0. The second-order valence-corrected chi connectivity index (χ2v) is 24.1. The molecule has 4 heterocycles. The van der Waals surface area contributed by atoms with Gasteiger partial charge >= 0.3 is 0 Å². The minimum atomic E-state index is 0.563. The van der Waals surface area contributed by atoms with E-state index in [-0.39, 0.29) is 0 Å². The van der Waals surface area contributed by atoms with Gasteiger partial charge in [-0.25, -0.2) is 0 Å². The quantitative estimate of drug-likeness (QED) is 0.160. The maximum absolute atomic E-state index is 5.48. The molecule has 0 spiro atoms. The Bertz CT molecular complexity index is 5910. The molecule has 0 unspecified atom stereocenters. The third-order valence-electron chi connectivity index (χ3n) is 19.3. The highest BCUT2D eigenvalue weighted by atomic mass is 15.3. The van der Waals surface area contributed by atoms with Gasteiger partial charge in [0.15, 0.2) is 5.82 Å². The van der Waals surface area contributed by atoms with Crippen molar-refractivity contribution in [3.05, 3.63) is 291 Å². The number of hydrogen-bond acceptors (Lipinski definition) is 4. The molecule has 0 fully saturated rings. The molecule has 0 saturated heterocycles. The van der Waals surface area contributed by atoms with Crippen molar-refractivity contribution in [2.75, 3.05) is 0 Å². The van der Waals surface area contributed by atoms with Crippen molar-refractivity contribution in [3.63, 3.8) is 0 Å². The summed E-state index contributed by atoms with van der Waals surface area (Å²) in [5.74, 6) is 1.74. The Kier molecular flexibility index (Phi) is 10.2. The van der Waals surface area contributed by atoms with Gasteiger partial charge < -0.3 is 0 Å². The van der Waals surface area contributed by atoms with E-state index in [1.807, 2.05) is 12.4 Å². The number of fused-ring (bicyclic) bond motifs is 14. The zero-order chi connectivity index (χ0) is 58.7. The van der Waals surface area contributed by atoms with Crippen molar-refractivity contribution in [2.45, 2.75) is 0 Å². The van der Waals surface area contributed by atoms with Crippen LogP contribution >= 0.6 is 0 Å². The molecule has 4 aromatic heterocycles. The van der Waals surface area contributed by atoms with Gasteiger partial charge in [-0.1, -0.05) is 212 Å². The van der Waals surface area contributed by atoms with Gasteiger partial charge in [0.2, 0.25) is 11.9 Å². The van der Waals surface area contributed by atoms with Gasteiger partial charge in [0.05, 0.1) is 22.1 Å². The summed E-state index contributed by atoms with van der Waals surface area (Å²) in [6, 6.07) is 102. The van der Waals surface area contributed by atoms with Crippen molar-refractivity contribution in [1.82, 2.24) is 29.1 Å². The van der Waals surface area contributed by atoms with Gasteiger partial charge in [0.1, 0.15) is 0 Å². The average molecular weight is 1140 g/mol. The number of para-hydroxylation sites is 4. The minimum Gasteiger partial charge on any atom is -0.278 e. The van der Waals surface area contributed by atoms with Gasteiger partial charge in [-0.15, -0.1) is 0 Å². The SMILES string of the molecule is c1ccc2c(c1)-c1cccc3c(-c4cncc(-c5ccc6cc(-c7ccc8ccc(-c9ccc%10c(c9)-c9cccc%11c(-c%12nc(-n%13c%14ccccc%14c%14ccccc%14%13)nc(-n%13c%14ccccc%14c%14ccccc%14%13)n%12)ccc-%10c9%11)cc8c7)ccc6c5)c4)ccc-2c13. The zero-order valence-corrected chi connectivity index (χ0v) is 48.4. The molecular weight excluding hydrogens is 1090 g/mol. The van der Waals surface area contributed by atoms with E-state index in [0.29, 0.717) is 17.7 Å². The Balaban J connectivity index is 0.640. The highest BCUT2D eigenvalue weighted by Crippen LogP contribution is 2.52. The number of benzene rings is 14. The normalized spacial score (nSPS) is 12.2. The summed E-state index contributed by atoms with van der Waals surface area (Å²) in [5, 5.41) is 14.3. The van der Waals surface area contributed by atoms with Crippen LogP contribution in [0.4, 0.5) is 0 Å². The maximum Gasteiger partial charge on any atom is 0.240 e. The molecule has 0 amide bonds. The number of pyridine rings is 1. The van der Waals surface area contributed by atoms with Crippen LogP contribution in [0.15, 0.2) is 291 Å². The molecule has 90 heavy (non-hydrogen) atoms. The molecule has 2 aliphatic rings. The van der Waals surface area contributed by atoms with Crippen LogP contribution in [0.3, 0.4) is 0 Å². The van der Waals surface area contributed by atoms with E-state index in [2.05, 4.69) is 288 Å². The fraction of sp³-hybridized carbons (Fsp3) is 0. The Labute approximate surface area is 516 Å². The first kappa shape index (κ1) is 49.0. The van der Waals surface area contributed by atoms with Gasteiger partial charge in [-0.2, -0.15) is 15.0 Å². The predicted octanol–water partition coefficient (Wildman–Crippen LogP) is 21.7. The fourth-order valence-electron chi connectivity index (χ4n) is 15.2. The van der Waals surface area contributed by atoms with Crippen molar-refractivity contribution < 1.29 is 0 Å². The molecule has 6 heteroatoms. The summed E-state index contributed by atoms with van der Waals surface area (Å²) in [6.07, 6.45) is 3.99. The van der Waals surface area contributed by atoms with Gasteiger partial charge in [0, 0.05) is 50.6 Å². The first-order valence-electron chi connectivity index (χ1n) is 30.7. The molecule has 14 aromatic carbocycles. The lowest BCUT2D eigenvalue weighted by Crippen LogP contribution is -2.10. The van der Waals surface area contributed by atoms with Crippen LogP contribution in [0.25, 0.3) is 199 Å². The fourth-order valence-corrected chi connectivity index (χ4v) is 15.2. The molecule has 2 aliphatic carbocycles. The lowest BCUT2D eigenvalue weighted by atomic mass is 9.93. The van der Waals surface area contributed by atoms with Crippen LogP contribution < -0.4 is 0 Å². The van der Waals surface area contributed by atoms with Crippen molar-refractivity contribution >= 4 is 86.7 Å². The van der Waals surface area contributed by atoms with Crippen LogP contribution in [0.5, 0.6) is 0 Å². The topological polar surface area (TPSA) is 61.4 Å². The third kappa shape index (κ3) is 7.15. The highest BCUT2D eigenvalue weighted by molar-refractivity contribution is 6.20. The van der Waals surface area contributed by atoms with E-state index in [0.717, 1.165) is 71.3 Å². The molecule has 0 aliphatic heterocycles. The Morgan fingerprint density at radius 1 is 0.211 bits per heavy atom. The van der Waals surface area contributed by atoms with E-state index >= 15 is 0 Å². The molecule has 0 N–H and O–H groups in total. The largest absolute Gasteiger partial charge is 0.278 e. The van der Waals surface area contributed by atoms with Gasteiger partial charge in [-0.05, 0) is 188 Å². The summed E-state index contributed by atoms with van der Waals surface area (Å²) < 4.78 is 4.40. The molecular formula is C84H48N6. The molecule has 0 saturated carbocycles. The average Bonchev–Trinajstić information content (AvgIpc) is 1.62.